The monoisotopic (exact) mass is 286 g/mol. The molecule has 108 valence electrons. The number of fused-ring (bicyclic) bond motifs is 1. The average molecular weight is 286 g/mol. The third kappa shape index (κ3) is 3.43. The molecular weight excluding hydrogens is 272 g/mol. The minimum absolute atomic E-state index is 0.0575. The van der Waals surface area contributed by atoms with Crippen LogP contribution < -0.4 is 5.32 Å². The van der Waals surface area contributed by atoms with Crippen LogP contribution in [0.25, 0.3) is 10.9 Å². The molecule has 1 heterocycles. The second kappa shape index (κ2) is 6.63. The van der Waals surface area contributed by atoms with Crippen LogP contribution in [0.2, 0.25) is 0 Å². The second-order valence-electron chi connectivity index (χ2n) is 4.25. The first kappa shape index (κ1) is 14.7. The fraction of sp³-hybridized carbons (Fsp3) is 0.286. The van der Waals surface area contributed by atoms with Gasteiger partial charge in [-0.15, -0.1) is 0 Å². The zero-order valence-electron chi connectivity index (χ0n) is 11.5. The van der Waals surface area contributed by atoms with Gasteiger partial charge < -0.3 is 10.1 Å². The van der Waals surface area contributed by atoms with Crippen LogP contribution in [-0.4, -0.2) is 29.7 Å². The molecule has 0 aliphatic carbocycles. The van der Waals surface area contributed by atoms with Gasteiger partial charge in [-0.05, 0) is 19.1 Å². The van der Waals surface area contributed by atoms with Crippen molar-refractivity contribution in [3.05, 3.63) is 39.9 Å². The summed E-state index contributed by atoms with van der Waals surface area (Å²) in [5.74, 6) is 0.549. The number of rotatable bonds is 6. The number of nitriles is 1. The molecule has 1 aromatic carbocycles. The first-order valence-corrected chi connectivity index (χ1v) is 6.46. The van der Waals surface area contributed by atoms with Gasteiger partial charge in [0, 0.05) is 30.7 Å². The lowest BCUT2D eigenvalue weighted by Crippen LogP contribution is -2.10. The van der Waals surface area contributed by atoms with E-state index in [1.54, 1.807) is 12.1 Å². The molecule has 0 saturated carbocycles. The van der Waals surface area contributed by atoms with E-state index >= 15 is 0 Å². The molecular formula is C14H14N4O3. The van der Waals surface area contributed by atoms with Gasteiger partial charge in [0.1, 0.15) is 5.82 Å². The average Bonchev–Trinajstić information content (AvgIpc) is 2.50. The molecule has 7 nitrogen and oxygen atoms in total. The largest absolute Gasteiger partial charge is 0.380 e. The van der Waals surface area contributed by atoms with E-state index in [4.69, 9.17) is 4.74 Å². The van der Waals surface area contributed by atoms with E-state index in [1.807, 2.05) is 13.0 Å². The molecule has 7 heteroatoms. The smallest absolute Gasteiger partial charge is 0.270 e. The zero-order valence-corrected chi connectivity index (χ0v) is 11.5. The summed E-state index contributed by atoms with van der Waals surface area (Å²) in [6.45, 7) is 3.66. The van der Waals surface area contributed by atoms with Gasteiger partial charge in [-0.2, -0.15) is 5.26 Å². The molecule has 21 heavy (non-hydrogen) atoms. The second-order valence-corrected chi connectivity index (χ2v) is 4.25. The molecule has 0 fully saturated rings. The van der Waals surface area contributed by atoms with Crippen molar-refractivity contribution in [3.63, 3.8) is 0 Å². The molecule has 1 N–H and O–H groups in total. The van der Waals surface area contributed by atoms with E-state index in [-0.39, 0.29) is 5.69 Å². The Morgan fingerprint density at radius 3 is 2.95 bits per heavy atom. The Morgan fingerprint density at radius 1 is 1.48 bits per heavy atom. The highest BCUT2D eigenvalue weighted by atomic mass is 16.6. The van der Waals surface area contributed by atoms with Crippen molar-refractivity contribution in [3.8, 4) is 6.07 Å². The maximum atomic E-state index is 10.8. The lowest BCUT2D eigenvalue weighted by molar-refractivity contribution is -0.384. The van der Waals surface area contributed by atoms with Crippen molar-refractivity contribution in [1.82, 2.24) is 4.98 Å². The molecule has 0 saturated heterocycles. The highest BCUT2D eigenvalue weighted by Crippen LogP contribution is 2.24. The number of nitro benzene ring substituents is 1. The molecule has 2 rings (SSSR count). The summed E-state index contributed by atoms with van der Waals surface area (Å²) < 4.78 is 5.21. The van der Waals surface area contributed by atoms with Crippen LogP contribution >= 0.6 is 0 Å². The van der Waals surface area contributed by atoms with Crippen LogP contribution in [0.15, 0.2) is 24.3 Å². The summed E-state index contributed by atoms with van der Waals surface area (Å²) in [4.78, 5) is 14.6. The molecule has 0 aliphatic rings. The van der Waals surface area contributed by atoms with Crippen molar-refractivity contribution in [2.24, 2.45) is 0 Å². The van der Waals surface area contributed by atoms with E-state index in [0.29, 0.717) is 42.0 Å². The number of aromatic nitrogens is 1. The Balaban J connectivity index is 2.33. The molecule has 0 spiro atoms. The lowest BCUT2D eigenvalue weighted by atomic mass is 10.1. The summed E-state index contributed by atoms with van der Waals surface area (Å²) in [5, 5.41) is 23.5. The Morgan fingerprint density at radius 2 is 2.29 bits per heavy atom. The number of nitrogens with zero attached hydrogens (tertiary/aromatic N) is 3. The van der Waals surface area contributed by atoms with Gasteiger partial charge in [0.25, 0.3) is 5.69 Å². The van der Waals surface area contributed by atoms with E-state index < -0.39 is 4.92 Å². The fourth-order valence-electron chi connectivity index (χ4n) is 1.91. The van der Waals surface area contributed by atoms with Crippen molar-refractivity contribution in [2.75, 3.05) is 25.1 Å². The van der Waals surface area contributed by atoms with Crippen LogP contribution in [0.5, 0.6) is 0 Å². The Kier molecular flexibility index (Phi) is 4.64. The Bertz CT molecular complexity index is 709. The van der Waals surface area contributed by atoms with Gasteiger partial charge >= 0.3 is 0 Å². The maximum Gasteiger partial charge on any atom is 0.270 e. The quantitative estimate of drug-likeness (QED) is 0.497. The Labute approximate surface area is 121 Å². The Hall–Kier alpha value is -2.72. The summed E-state index contributed by atoms with van der Waals surface area (Å²) >= 11 is 0. The summed E-state index contributed by atoms with van der Waals surface area (Å²) in [6, 6.07) is 7.91. The van der Waals surface area contributed by atoms with Gasteiger partial charge in [-0.3, -0.25) is 10.1 Å². The topological polar surface area (TPSA) is 101 Å². The van der Waals surface area contributed by atoms with Gasteiger partial charge in [0.2, 0.25) is 0 Å². The normalized spacial score (nSPS) is 10.3. The van der Waals surface area contributed by atoms with Crippen molar-refractivity contribution >= 4 is 22.4 Å². The third-order valence-corrected chi connectivity index (χ3v) is 2.88. The summed E-state index contributed by atoms with van der Waals surface area (Å²) in [6.07, 6.45) is 0. The SMILES string of the molecule is CCOCCNc1cc(C#N)c2cc([N+](=O)[O-])ccc2n1. The van der Waals surface area contributed by atoms with E-state index in [0.717, 1.165) is 0 Å². The standard InChI is InChI=1S/C14H14N4O3/c1-2-21-6-5-16-14-7-10(9-15)12-8-11(18(19)20)3-4-13(12)17-14/h3-4,7-8H,2,5-6H2,1H3,(H,16,17). The van der Waals surface area contributed by atoms with Crippen LogP contribution in [0.1, 0.15) is 12.5 Å². The fourth-order valence-corrected chi connectivity index (χ4v) is 1.91. The first-order valence-electron chi connectivity index (χ1n) is 6.46. The highest BCUT2D eigenvalue weighted by Gasteiger charge is 2.11. The minimum Gasteiger partial charge on any atom is -0.380 e. The van der Waals surface area contributed by atoms with Crippen LogP contribution in [0.4, 0.5) is 11.5 Å². The molecule has 0 bridgehead atoms. The highest BCUT2D eigenvalue weighted by molar-refractivity contribution is 5.88. The van der Waals surface area contributed by atoms with Crippen molar-refractivity contribution in [1.29, 1.82) is 5.26 Å². The van der Waals surface area contributed by atoms with Gasteiger partial charge in [0.15, 0.2) is 0 Å². The van der Waals surface area contributed by atoms with Gasteiger partial charge in [-0.1, -0.05) is 0 Å². The molecule has 0 amide bonds. The summed E-state index contributed by atoms with van der Waals surface area (Å²) in [5.41, 5.74) is 0.832. The number of hydrogen-bond acceptors (Lipinski definition) is 6. The summed E-state index contributed by atoms with van der Waals surface area (Å²) in [7, 11) is 0. The van der Waals surface area contributed by atoms with E-state index in [1.165, 1.54) is 12.1 Å². The van der Waals surface area contributed by atoms with Crippen LogP contribution in [0.3, 0.4) is 0 Å². The number of anilines is 1. The van der Waals surface area contributed by atoms with Crippen molar-refractivity contribution < 1.29 is 9.66 Å². The minimum atomic E-state index is -0.491. The number of ether oxygens (including phenoxy) is 1. The van der Waals surface area contributed by atoms with Crippen LogP contribution in [-0.2, 0) is 4.74 Å². The maximum absolute atomic E-state index is 10.8. The van der Waals surface area contributed by atoms with E-state index in [2.05, 4.69) is 10.3 Å². The zero-order chi connectivity index (χ0) is 15.2. The lowest BCUT2D eigenvalue weighted by Gasteiger charge is -2.08. The number of non-ortho nitro benzene ring substituents is 1. The molecule has 0 atom stereocenters. The molecule has 2 aromatic rings. The van der Waals surface area contributed by atoms with Gasteiger partial charge in [-0.25, -0.2) is 4.98 Å². The number of nitrogens with one attached hydrogen (secondary N) is 1. The number of benzene rings is 1. The number of pyridine rings is 1. The predicted molar refractivity (Wildman–Crippen MR) is 78.1 cm³/mol. The molecule has 0 unspecified atom stereocenters. The third-order valence-electron chi connectivity index (χ3n) is 2.88. The predicted octanol–water partition coefficient (Wildman–Crippen LogP) is 2.46. The first-order chi connectivity index (χ1) is 10.2. The molecule has 1 aromatic heterocycles. The van der Waals surface area contributed by atoms with Crippen LogP contribution in [0, 0.1) is 21.4 Å². The molecule has 0 radical (unpaired) electrons. The number of hydrogen-bond donors (Lipinski definition) is 1. The van der Waals surface area contributed by atoms with E-state index in [9.17, 15) is 15.4 Å². The molecule has 0 aliphatic heterocycles. The number of nitro groups is 1. The van der Waals surface area contributed by atoms with Crippen molar-refractivity contribution in [2.45, 2.75) is 6.92 Å². The van der Waals surface area contributed by atoms with Gasteiger partial charge in [0.05, 0.1) is 28.7 Å².